The van der Waals surface area contributed by atoms with Crippen LogP contribution in [0.3, 0.4) is 0 Å². The third kappa shape index (κ3) is 4.13. The summed E-state index contributed by atoms with van der Waals surface area (Å²) >= 11 is 0. The van der Waals surface area contributed by atoms with Crippen molar-refractivity contribution < 1.29 is 13.9 Å². The fraction of sp³-hybridized carbons (Fsp3) is 0.444. The van der Waals surface area contributed by atoms with Gasteiger partial charge < -0.3 is 14.2 Å². The first-order valence-corrected chi connectivity index (χ1v) is 8.36. The maximum atomic E-state index is 13.4. The largest absolute Gasteiger partial charge is 0.491 e. The minimum atomic E-state index is -0.372. The zero-order chi connectivity index (χ0) is 16.8. The molecular formula is C18H22FN3O2. The number of hydrogen-bond donors (Lipinski definition) is 0. The molecule has 0 saturated carbocycles. The van der Waals surface area contributed by atoms with Gasteiger partial charge in [0.25, 0.3) is 0 Å². The third-order valence-electron chi connectivity index (χ3n) is 4.32. The van der Waals surface area contributed by atoms with Crippen LogP contribution >= 0.6 is 0 Å². The van der Waals surface area contributed by atoms with E-state index in [-0.39, 0.29) is 17.5 Å². The van der Waals surface area contributed by atoms with Crippen LogP contribution in [-0.4, -0.2) is 40.1 Å². The fourth-order valence-corrected chi connectivity index (χ4v) is 3.04. The van der Waals surface area contributed by atoms with Gasteiger partial charge in [0, 0.05) is 31.9 Å². The van der Waals surface area contributed by atoms with Crippen LogP contribution in [-0.2, 0) is 4.79 Å². The van der Waals surface area contributed by atoms with Gasteiger partial charge in [-0.05, 0) is 31.4 Å². The van der Waals surface area contributed by atoms with Crippen molar-refractivity contribution in [2.75, 3.05) is 19.7 Å². The first-order valence-electron chi connectivity index (χ1n) is 8.36. The molecule has 0 N–H and O–H groups in total. The Balaban J connectivity index is 1.42. The molecule has 1 saturated heterocycles. The summed E-state index contributed by atoms with van der Waals surface area (Å²) in [4.78, 5) is 18.4. The van der Waals surface area contributed by atoms with Gasteiger partial charge in [-0.1, -0.05) is 12.1 Å². The highest BCUT2D eigenvalue weighted by Crippen LogP contribution is 2.22. The van der Waals surface area contributed by atoms with Crippen molar-refractivity contribution in [1.29, 1.82) is 0 Å². The predicted molar refractivity (Wildman–Crippen MR) is 88.2 cm³/mol. The van der Waals surface area contributed by atoms with Crippen LogP contribution in [0.5, 0.6) is 5.75 Å². The Morgan fingerprint density at radius 3 is 3.04 bits per heavy atom. The van der Waals surface area contributed by atoms with E-state index in [1.807, 2.05) is 11.1 Å². The molecule has 0 unspecified atom stereocenters. The van der Waals surface area contributed by atoms with Gasteiger partial charge in [-0.15, -0.1) is 0 Å². The number of nitrogens with zero attached hydrogens (tertiary/aromatic N) is 3. The third-order valence-corrected chi connectivity index (χ3v) is 4.32. The molecule has 128 valence electrons. The minimum Gasteiger partial charge on any atom is -0.491 e. The van der Waals surface area contributed by atoms with E-state index in [1.54, 1.807) is 30.7 Å². The van der Waals surface area contributed by atoms with Gasteiger partial charge in [0.15, 0.2) is 11.6 Å². The lowest BCUT2D eigenvalue weighted by atomic mass is 10.0. The summed E-state index contributed by atoms with van der Waals surface area (Å²) in [6.07, 6.45) is 8.59. The molecule has 0 aliphatic carbocycles. The predicted octanol–water partition coefficient (Wildman–Crippen LogP) is 3.04. The number of halogens is 1. The van der Waals surface area contributed by atoms with Gasteiger partial charge in [-0.2, -0.15) is 0 Å². The average molecular weight is 331 g/mol. The van der Waals surface area contributed by atoms with Crippen LogP contribution in [0.15, 0.2) is 43.0 Å². The lowest BCUT2D eigenvalue weighted by Crippen LogP contribution is -2.40. The highest BCUT2D eigenvalue weighted by Gasteiger charge is 2.24. The molecule has 24 heavy (non-hydrogen) atoms. The van der Waals surface area contributed by atoms with Gasteiger partial charge in [0.2, 0.25) is 5.91 Å². The number of imidazole rings is 1. The zero-order valence-corrected chi connectivity index (χ0v) is 13.6. The molecule has 3 rings (SSSR count). The molecule has 1 aromatic carbocycles. The number of ether oxygens (including phenoxy) is 1. The quantitative estimate of drug-likeness (QED) is 0.765. The van der Waals surface area contributed by atoms with Gasteiger partial charge >= 0.3 is 0 Å². The Bertz CT molecular complexity index is 660. The Morgan fingerprint density at radius 2 is 2.25 bits per heavy atom. The summed E-state index contributed by atoms with van der Waals surface area (Å²) in [5.41, 5.74) is 0. The number of carbonyl (C=O) groups excluding carboxylic acids is 1. The van der Waals surface area contributed by atoms with Crippen molar-refractivity contribution in [2.24, 2.45) is 0 Å². The van der Waals surface area contributed by atoms with Crippen molar-refractivity contribution in [3.63, 3.8) is 0 Å². The topological polar surface area (TPSA) is 47.4 Å². The molecule has 1 fully saturated rings. The SMILES string of the molecule is O=C(CCCOc1ccccc1F)N1CCC[C@@H](n2ccnc2)C1. The average Bonchev–Trinajstić information content (AvgIpc) is 3.15. The summed E-state index contributed by atoms with van der Waals surface area (Å²) in [6.45, 7) is 1.87. The van der Waals surface area contributed by atoms with Crippen LogP contribution in [0.1, 0.15) is 31.7 Å². The number of amides is 1. The number of rotatable bonds is 6. The second-order valence-corrected chi connectivity index (χ2v) is 6.03. The van der Waals surface area contributed by atoms with E-state index in [1.165, 1.54) is 6.07 Å². The maximum absolute atomic E-state index is 13.4. The van der Waals surface area contributed by atoms with Crippen molar-refractivity contribution in [1.82, 2.24) is 14.5 Å². The van der Waals surface area contributed by atoms with E-state index in [2.05, 4.69) is 9.55 Å². The van der Waals surface area contributed by atoms with Gasteiger partial charge in [0.05, 0.1) is 19.0 Å². The molecule has 1 atom stereocenters. The zero-order valence-electron chi connectivity index (χ0n) is 13.6. The molecule has 2 aromatic rings. The number of hydrogen-bond acceptors (Lipinski definition) is 3. The van der Waals surface area contributed by atoms with Crippen molar-refractivity contribution in [3.05, 3.63) is 48.8 Å². The van der Waals surface area contributed by atoms with Crippen LogP contribution in [0.2, 0.25) is 0 Å². The number of carbonyl (C=O) groups is 1. The summed E-state index contributed by atoms with van der Waals surface area (Å²) in [7, 11) is 0. The standard InChI is InChI=1S/C18H22FN3O2/c19-16-6-1-2-7-17(16)24-12-4-8-18(23)21-10-3-5-15(13-21)22-11-9-20-14-22/h1-2,6-7,9,11,14-15H,3-5,8,10,12-13H2/t15-/m1/s1. The van der Waals surface area contributed by atoms with Crippen molar-refractivity contribution >= 4 is 5.91 Å². The van der Waals surface area contributed by atoms with E-state index < -0.39 is 0 Å². The molecule has 5 nitrogen and oxygen atoms in total. The number of para-hydroxylation sites is 1. The molecule has 1 aromatic heterocycles. The Kier molecular flexibility index (Phi) is 5.46. The number of aromatic nitrogens is 2. The molecule has 0 spiro atoms. The fourth-order valence-electron chi connectivity index (χ4n) is 3.04. The first kappa shape index (κ1) is 16.5. The van der Waals surface area contributed by atoms with E-state index in [9.17, 15) is 9.18 Å². The van der Waals surface area contributed by atoms with Gasteiger partial charge in [-0.25, -0.2) is 9.37 Å². The smallest absolute Gasteiger partial charge is 0.222 e. The first-order chi connectivity index (χ1) is 11.7. The molecule has 6 heteroatoms. The Hall–Kier alpha value is -2.37. The van der Waals surface area contributed by atoms with Crippen molar-refractivity contribution in [3.8, 4) is 5.75 Å². The lowest BCUT2D eigenvalue weighted by Gasteiger charge is -2.33. The molecular weight excluding hydrogens is 309 g/mol. The van der Waals surface area contributed by atoms with Crippen LogP contribution in [0.25, 0.3) is 0 Å². The van der Waals surface area contributed by atoms with Crippen molar-refractivity contribution in [2.45, 2.75) is 31.7 Å². The second kappa shape index (κ2) is 7.95. The number of benzene rings is 1. The highest BCUT2D eigenvalue weighted by atomic mass is 19.1. The van der Waals surface area contributed by atoms with Crippen LogP contribution in [0, 0.1) is 5.82 Å². The number of likely N-dealkylation sites (tertiary alicyclic amines) is 1. The summed E-state index contributed by atoms with van der Waals surface area (Å²) in [5.74, 6) is 0.00285. The summed E-state index contributed by atoms with van der Waals surface area (Å²) < 4.78 is 20.9. The monoisotopic (exact) mass is 331 g/mol. The Labute approximate surface area is 141 Å². The van der Waals surface area contributed by atoms with E-state index in [0.717, 1.165) is 25.9 Å². The molecule has 1 aliphatic heterocycles. The van der Waals surface area contributed by atoms with E-state index >= 15 is 0 Å². The van der Waals surface area contributed by atoms with Crippen LogP contribution in [0.4, 0.5) is 4.39 Å². The summed E-state index contributed by atoms with van der Waals surface area (Å²) in [5, 5.41) is 0. The second-order valence-electron chi connectivity index (χ2n) is 6.03. The molecule has 1 amide bonds. The molecule has 2 heterocycles. The molecule has 0 radical (unpaired) electrons. The molecule has 1 aliphatic rings. The number of piperidine rings is 1. The lowest BCUT2D eigenvalue weighted by molar-refractivity contribution is -0.133. The van der Waals surface area contributed by atoms with E-state index in [0.29, 0.717) is 25.5 Å². The minimum absolute atomic E-state index is 0.136. The van der Waals surface area contributed by atoms with E-state index in [4.69, 9.17) is 4.74 Å². The maximum Gasteiger partial charge on any atom is 0.222 e. The summed E-state index contributed by atoms with van der Waals surface area (Å²) in [6, 6.07) is 6.62. The normalized spacial score (nSPS) is 17.7. The highest BCUT2D eigenvalue weighted by molar-refractivity contribution is 5.76. The van der Waals surface area contributed by atoms with Gasteiger partial charge in [0.1, 0.15) is 0 Å². The Morgan fingerprint density at radius 1 is 1.38 bits per heavy atom. The molecule has 0 bridgehead atoms. The van der Waals surface area contributed by atoms with Gasteiger partial charge in [-0.3, -0.25) is 4.79 Å². The van der Waals surface area contributed by atoms with Crippen LogP contribution < -0.4 is 4.74 Å².